The normalized spacial score (nSPS) is 22.6. The molecule has 0 nitrogen and oxygen atoms in total. The Morgan fingerprint density at radius 3 is 1.95 bits per heavy atom. The maximum Gasteiger partial charge on any atom is 0.0141 e. The predicted molar refractivity (Wildman–Crippen MR) is 349 cm³/mol. The summed E-state index contributed by atoms with van der Waals surface area (Å²) in [5.41, 5.74) is 18.5. The van der Waals surface area contributed by atoms with Crippen LogP contribution in [0.25, 0.3) is 16.7 Å². The zero-order chi connectivity index (χ0) is 56.8. The zero-order valence-electron chi connectivity index (χ0n) is 49.5. The molecule has 2 unspecified atom stereocenters. The Morgan fingerprint density at radius 2 is 1.36 bits per heavy atom. The number of hydrogen-bond acceptors (Lipinski definition) is 0. The van der Waals surface area contributed by atoms with Crippen molar-refractivity contribution in [3.8, 4) is 25.2 Å². The minimum absolute atomic E-state index is 0.0794. The molecule has 0 saturated carbocycles. The number of benzene rings is 3. The van der Waals surface area contributed by atoms with Crippen molar-refractivity contribution in [2.24, 2.45) is 16.7 Å². The first-order chi connectivity index (χ1) is 37.7. The minimum atomic E-state index is 0.0794. The fraction of sp³-hybridized carbons (Fsp3) is 0.308. The fourth-order valence-electron chi connectivity index (χ4n) is 9.94. The summed E-state index contributed by atoms with van der Waals surface area (Å²) >= 11 is 0. The quantitative estimate of drug-likeness (QED) is 0.102. The lowest BCUT2D eigenvalue weighted by molar-refractivity contribution is 0.482. The van der Waals surface area contributed by atoms with E-state index in [9.17, 15) is 0 Å². The van der Waals surface area contributed by atoms with Gasteiger partial charge in [0.15, 0.2) is 0 Å². The molecule has 78 heavy (non-hydrogen) atoms. The average molecular weight is 1030 g/mol. The predicted octanol–water partition coefficient (Wildman–Crippen LogP) is 21.7. The topological polar surface area (TPSA) is 0 Å². The highest BCUT2D eigenvalue weighted by molar-refractivity contribution is 5.83. The monoisotopic (exact) mass is 1030 g/mol. The van der Waals surface area contributed by atoms with Crippen molar-refractivity contribution < 1.29 is 0 Å². The van der Waals surface area contributed by atoms with Crippen LogP contribution in [0.2, 0.25) is 0 Å². The van der Waals surface area contributed by atoms with Gasteiger partial charge in [0.25, 0.3) is 0 Å². The summed E-state index contributed by atoms with van der Waals surface area (Å²) < 4.78 is 0. The molecule has 0 saturated heterocycles. The van der Waals surface area contributed by atoms with Crippen LogP contribution in [0.4, 0.5) is 0 Å². The minimum Gasteiger partial charge on any atom is -0.124 e. The summed E-state index contributed by atoms with van der Waals surface area (Å²) in [5, 5.41) is 0. The van der Waals surface area contributed by atoms with Gasteiger partial charge in [-0.1, -0.05) is 266 Å². The van der Waals surface area contributed by atoms with Gasteiger partial charge in [-0.05, 0) is 182 Å². The van der Waals surface area contributed by atoms with Crippen LogP contribution in [0.15, 0.2) is 247 Å². The standard InChI is InChI=1S/C32H36.C21H28.C20H22.C3H4.C2H2/c1-5-7-14-27(6-2)17-18-30(25-26(3)28-15-10-8-11-16-28)29-19-21-31(22-20-29)32(4)23-12-9-13-24-32;1-5-9-17-10-7-8-11-20(18(6-2)16-17)19-12-14-21(3,4)15-13-19;1-20(2)14-12-17(13-15-20)19-11-7-9-16-8-5-3-4-6-10-18(16)19;1-3-2;1-2/h6-16,18-23,25H,5,17,24H2,1-4H3;5-9,11-14,17H,10,15-16H2,1-4H3;3-7,9,11-14H,8,10,15H2,1-2H3;1H,2H3;1-2H/b14-7-,26-25+,27-6+,30-18+;8-7-,9-5-,18-6+,20-11+;5-3-,6-4-;;. The summed E-state index contributed by atoms with van der Waals surface area (Å²) in [4.78, 5) is 0. The van der Waals surface area contributed by atoms with Gasteiger partial charge in [-0.25, -0.2) is 0 Å². The van der Waals surface area contributed by atoms with Gasteiger partial charge in [0.2, 0.25) is 0 Å². The molecule has 0 N–H and O–H groups in total. The SMILES string of the molecule is C#C.C#CC.C/C=C(\C=C/CC)C/C=C(\C=C(/C)c1ccccc1)c1ccc(C2(C)C=CC=CC2)cc1.C/C=C\C1C\C=C/C=C(C2=CCC(C)(C)C=C2)\C(=C\C)C1.CC1(C)C=CC(c2cccc3c2C/C=C\C=C/C3)=CC1. The smallest absolute Gasteiger partial charge is 0.0141 e. The second-order valence-electron chi connectivity index (χ2n) is 22.1. The Kier molecular flexibility index (Phi) is 26.7. The molecule has 0 aromatic heterocycles. The first-order valence-corrected chi connectivity index (χ1v) is 28.5. The largest absolute Gasteiger partial charge is 0.124 e. The van der Waals surface area contributed by atoms with Crippen LogP contribution >= 0.6 is 0 Å². The van der Waals surface area contributed by atoms with E-state index < -0.39 is 0 Å². The summed E-state index contributed by atoms with van der Waals surface area (Å²) in [7, 11) is 0. The summed E-state index contributed by atoms with van der Waals surface area (Å²) in [5.74, 6) is 2.87. The molecule has 0 heterocycles. The van der Waals surface area contributed by atoms with E-state index in [1.165, 1.54) is 72.4 Å². The van der Waals surface area contributed by atoms with Crippen molar-refractivity contribution in [1.29, 1.82) is 0 Å². The van der Waals surface area contributed by atoms with Crippen molar-refractivity contribution in [2.45, 2.75) is 139 Å². The number of allylic oxidation sites excluding steroid dienone is 32. The van der Waals surface area contributed by atoms with Crippen LogP contribution in [0, 0.1) is 41.9 Å². The Labute approximate surface area is 475 Å². The summed E-state index contributed by atoms with van der Waals surface area (Å²) in [6.07, 6.45) is 79.0. The molecular formula is C78H92. The molecule has 404 valence electrons. The van der Waals surface area contributed by atoms with Gasteiger partial charge >= 0.3 is 0 Å². The molecule has 3 aromatic carbocycles. The van der Waals surface area contributed by atoms with E-state index in [0.717, 1.165) is 57.8 Å². The molecule has 5 aliphatic carbocycles. The van der Waals surface area contributed by atoms with Gasteiger partial charge < -0.3 is 0 Å². The second kappa shape index (κ2) is 33.0. The maximum atomic E-state index is 4.60. The van der Waals surface area contributed by atoms with Gasteiger partial charge in [-0.3, -0.25) is 0 Å². The van der Waals surface area contributed by atoms with Crippen molar-refractivity contribution in [3.63, 3.8) is 0 Å². The highest BCUT2D eigenvalue weighted by Crippen LogP contribution is 2.38. The highest BCUT2D eigenvalue weighted by Gasteiger charge is 2.24. The Hall–Kier alpha value is -7.38. The Morgan fingerprint density at radius 1 is 0.705 bits per heavy atom. The van der Waals surface area contributed by atoms with Gasteiger partial charge in [-0.2, -0.15) is 0 Å². The van der Waals surface area contributed by atoms with Crippen molar-refractivity contribution in [1.82, 2.24) is 0 Å². The average Bonchev–Trinajstić information content (AvgIpc) is 3.44. The van der Waals surface area contributed by atoms with E-state index in [-0.39, 0.29) is 5.41 Å². The first-order valence-electron chi connectivity index (χ1n) is 28.5. The third-order valence-corrected chi connectivity index (χ3v) is 14.8. The third kappa shape index (κ3) is 20.2. The number of hydrogen-bond donors (Lipinski definition) is 0. The summed E-state index contributed by atoms with van der Waals surface area (Å²) in [6.45, 7) is 23.9. The van der Waals surface area contributed by atoms with Crippen LogP contribution in [-0.2, 0) is 18.3 Å². The fourth-order valence-corrected chi connectivity index (χ4v) is 9.94. The lowest BCUT2D eigenvalue weighted by atomic mass is 9.77. The zero-order valence-corrected chi connectivity index (χ0v) is 49.5. The van der Waals surface area contributed by atoms with E-state index in [0.29, 0.717) is 16.7 Å². The van der Waals surface area contributed by atoms with Crippen LogP contribution in [0.1, 0.15) is 154 Å². The lowest BCUT2D eigenvalue weighted by Crippen LogP contribution is -2.19. The molecule has 0 fully saturated rings. The van der Waals surface area contributed by atoms with Crippen LogP contribution in [0.5, 0.6) is 0 Å². The molecule has 8 rings (SSSR count). The molecule has 0 amide bonds. The number of terminal acetylenes is 2. The third-order valence-electron chi connectivity index (χ3n) is 14.8. The Bertz CT molecular complexity index is 2970. The van der Waals surface area contributed by atoms with Crippen LogP contribution in [0.3, 0.4) is 0 Å². The molecule has 0 spiro atoms. The molecule has 0 bridgehead atoms. The van der Waals surface area contributed by atoms with Crippen molar-refractivity contribution >= 4 is 16.7 Å². The maximum absolute atomic E-state index is 4.60. The molecular weight excluding hydrogens is 937 g/mol. The van der Waals surface area contributed by atoms with E-state index in [1.54, 1.807) is 6.92 Å². The van der Waals surface area contributed by atoms with Crippen LogP contribution in [-0.4, -0.2) is 0 Å². The molecule has 2 atom stereocenters. The van der Waals surface area contributed by atoms with Crippen molar-refractivity contribution in [3.05, 3.63) is 280 Å². The van der Waals surface area contributed by atoms with Gasteiger partial charge in [0.1, 0.15) is 0 Å². The van der Waals surface area contributed by atoms with E-state index in [1.807, 2.05) is 0 Å². The number of fused-ring (bicyclic) bond motifs is 1. The lowest BCUT2D eigenvalue weighted by Gasteiger charge is -2.27. The van der Waals surface area contributed by atoms with Gasteiger partial charge in [-0.15, -0.1) is 25.2 Å². The Balaban J connectivity index is 0.000000250. The molecule has 0 aliphatic heterocycles. The van der Waals surface area contributed by atoms with Gasteiger partial charge in [0, 0.05) is 5.41 Å². The van der Waals surface area contributed by atoms with E-state index >= 15 is 0 Å². The molecule has 3 aromatic rings. The molecule has 0 heteroatoms. The molecule has 0 radical (unpaired) electrons. The van der Waals surface area contributed by atoms with Gasteiger partial charge in [0.05, 0.1) is 0 Å². The summed E-state index contributed by atoms with van der Waals surface area (Å²) in [6, 6.07) is 26.5. The van der Waals surface area contributed by atoms with Crippen molar-refractivity contribution in [2.75, 3.05) is 0 Å². The first kappa shape index (κ1) is 63.2. The van der Waals surface area contributed by atoms with E-state index in [2.05, 4.69) is 319 Å². The van der Waals surface area contributed by atoms with Crippen LogP contribution < -0.4 is 0 Å². The second-order valence-corrected chi connectivity index (χ2v) is 22.1. The highest BCUT2D eigenvalue weighted by atomic mass is 14.3. The van der Waals surface area contributed by atoms with E-state index in [4.69, 9.17) is 0 Å². The number of rotatable bonds is 11. The molecule has 5 aliphatic rings.